The number of carbonyl (C=O) groups is 1. The first kappa shape index (κ1) is 17.0. The molecule has 1 heterocycles. The quantitative estimate of drug-likeness (QED) is 0.928. The zero-order chi connectivity index (χ0) is 13.8. The molecule has 0 spiro atoms. The van der Waals surface area contributed by atoms with Crippen molar-refractivity contribution in [2.45, 2.75) is 39.2 Å². The molecule has 0 bridgehead atoms. The summed E-state index contributed by atoms with van der Waals surface area (Å²) in [5.74, 6) is 0.754. The van der Waals surface area contributed by atoms with E-state index in [2.05, 4.69) is 26.0 Å². The summed E-state index contributed by atoms with van der Waals surface area (Å²) in [5, 5.41) is 0. The predicted octanol–water partition coefficient (Wildman–Crippen LogP) is 2.55. The number of carbonyl (C=O) groups excluding carboxylic acids is 1. The molecule has 2 rings (SSSR count). The number of likely N-dealkylation sites (tertiary alicyclic amines) is 1. The summed E-state index contributed by atoms with van der Waals surface area (Å²) in [6.07, 6.45) is 2.49. The first-order valence-electron chi connectivity index (χ1n) is 7.16. The van der Waals surface area contributed by atoms with Crippen LogP contribution in [0.15, 0.2) is 24.3 Å². The number of hydrogen-bond acceptors (Lipinski definition) is 2. The molecule has 0 aliphatic carbocycles. The molecule has 1 aliphatic heterocycles. The summed E-state index contributed by atoms with van der Waals surface area (Å²) >= 11 is 0. The Morgan fingerprint density at radius 3 is 2.70 bits per heavy atom. The maximum Gasteiger partial charge on any atom is 0.223 e. The SMILES string of the molecule is Cc1ccccc1CCC(=O)N1CC(CN)CC1C.Cl. The van der Waals surface area contributed by atoms with Crippen LogP contribution >= 0.6 is 12.4 Å². The van der Waals surface area contributed by atoms with Gasteiger partial charge in [-0.1, -0.05) is 24.3 Å². The van der Waals surface area contributed by atoms with Gasteiger partial charge in [0, 0.05) is 19.0 Å². The number of rotatable bonds is 4. The second-order valence-corrected chi connectivity index (χ2v) is 5.66. The zero-order valence-corrected chi connectivity index (χ0v) is 13.2. The second kappa shape index (κ2) is 7.65. The van der Waals surface area contributed by atoms with E-state index in [9.17, 15) is 4.79 Å². The molecule has 1 saturated heterocycles. The Labute approximate surface area is 127 Å². The summed E-state index contributed by atoms with van der Waals surface area (Å²) in [7, 11) is 0. The van der Waals surface area contributed by atoms with Gasteiger partial charge in [0.25, 0.3) is 0 Å². The molecule has 2 N–H and O–H groups in total. The lowest BCUT2D eigenvalue weighted by Gasteiger charge is -2.21. The van der Waals surface area contributed by atoms with E-state index in [-0.39, 0.29) is 18.3 Å². The van der Waals surface area contributed by atoms with Gasteiger partial charge in [-0.25, -0.2) is 0 Å². The average molecular weight is 297 g/mol. The lowest BCUT2D eigenvalue weighted by atomic mass is 10.0. The van der Waals surface area contributed by atoms with Crippen molar-refractivity contribution in [3.05, 3.63) is 35.4 Å². The first-order valence-corrected chi connectivity index (χ1v) is 7.16. The summed E-state index contributed by atoms with van der Waals surface area (Å²) in [4.78, 5) is 14.3. The largest absolute Gasteiger partial charge is 0.340 e. The standard InChI is InChI=1S/C16H24N2O.ClH/c1-12-5-3-4-6-15(12)7-8-16(19)18-11-14(10-17)9-13(18)2;/h3-6,13-14H,7-11,17H2,1-2H3;1H. The van der Waals surface area contributed by atoms with Crippen LogP contribution in [-0.2, 0) is 11.2 Å². The van der Waals surface area contributed by atoms with Crippen molar-refractivity contribution in [1.82, 2.24) is 4.90 Å². The highest BCUT2D eigenvalue weighted by Crippen LogP contribution is 2.23. The maximum atomic E-state index is 12.3. The Balaban J connectivity index is 0.00000200. The number of aryl methyl sites for hydroxylation is 2. The molecule has 1 fully saturated rings. The van der Waals surface area contributed by atoms with Crippen molar-refractivity contribution in [2.75, 3.05) is 13.1 Å². The Bertz CT molecular complexity index is 450. The molecular weight excluding hydrogens is 272 g/mol. The Morgan fingerprint density at radius 2 is 2.10 bits per heavy atom. The third-order valence-electron chi connectivity index (χ3n) is 4.18. The van der Waals surface area contributed by atoms with Crippen LogP contribution in [0.2, 0.25) is 0 Å². The van der Waals surface area contributed by atoms with Crippen LogP contribution in [0.5, 0.6) is 0 Å². The molecule has 1 amide bonds. The summed E-state index contributed by atoms with van der Waals surface area (Å²) in [6, 6.07) is 8.63. The van der Waals surface area contributed by atoms with Gasteiger partial charge in [0.2, 0.25) is 5.91 Å². The molecule has 0 aromatic heterocycles. The molecule has 1 aliphatic rings. The normalized spacial score (nSPS) is 21.6. The highest BCUT2D eigenvalue weighted by molar-refractivity contribution is 5.85. The van der Waals surface area contributed by atoms with Crippen LogP contribution in [0, 0.1) is 12.8 Å². The molecule has 3 nitrogen and oxygen atoms in total. The molecule has 4 heteroatoms. The van der Waals surface area contributed by atoms with E-state index in [0.29, 0.717) is 24.9 Å². The van der Waals surface area contributed by atoms with E-state index >= 15 is 0 Å². The van der Waals surface area contributed by atoms with Crippen molar-refractivity contribution in [2.24, 2.45) is 11.7 Å². The Hall–Kier alpha value is -1.06. The van der Waals surface area contributed by atoms with E-state index in [1.807, 2.05) is 17.0 Å². The number of nitrogens with two attached hydrogens (primary N) is 1. The van der Waals surface area contributed by atoms with Crippen molar-refractivity contribution < 1.29 is 4.79 Å². The molecular formula is C16H25ClN2O. The van der Waals surface area contributed by atoms with Gasteiger partial charge in [-0.2, -0.15) is 0 Å². The van der Waals surface area contributed by atoms with Gasteiger partial charge >= 0.3 is 0 Å². The van der Waals surface area contributed by atoms with E-state index in [1.165, 1.54) is 11.1 Å². The second-order valence-electron chi connectivity index (χ2n) is 5.66. The van der Waals surface area contributed by atoms with Gasteiger partial charge in [-0.3, -0.25) is 4.79 Å². The van der Waals surface area contributed by atoms with Crippen LogP contribution in [0.4, 0.5) is 0 Å². The number of nitrogens with zero attached hydrogens (tertiary/aromatic N) is 1. The fourth-order valence-corrected chi connectivity index (χ4v) is 2.94. The Kier molecular flexibility index (Phi) is 6.50. The van der Waals surface area contributed by atoms with Gasteiger partial charge in [0.1, 0.15) is 0 Å². The summed E-state index contributed by atoms with van der Waals surface area (Å²) in [5.41, 5.74) is 8.25. The van der Waals surface area contributed by atoms with Crippen LogP contribution < -0.4 is 5.73 Å². The maximum absolute atomic E-state index is 12.3. The summed E-state index contributed by atoms with van der Waals surface area (Å²) < 4.78 is 0. The molecule has 2 unspecified atom stereocenters. The minimum absolute atomic E-state index is 0. The van der Waals surface area contributed by atoms with Gasteiger partial charge in [-0.15, -0.1) is 12.4 Å². The van der Waals surface area contributed by atoms with Gasteiger partial charge in [-0.05, 0) is 50.3 Å². The van der Waals surface area contributed by atoms with E-state index in [1.54, 1.807) is 0 Å². The van der Waals surface area contributed by atoms with Crippen LogP contribution in [0.1, 0.15) is 30.9 Å². The monoisotopic (exact) mass is 296 g/mol. The molecule has 2 atom stereocenters. The minimum atomic E-state index is 0. The molecule has 112 valence electrons. The van der Waals surface area contributed by atoms with E-state index in [4.69, 9.17) is 5.73 Å². The number of hydrogen-bond donors (Lipinski definition) is 1. The molecule has 1 aromatic rings. The van der Waals surface area contributed by atoms with Crippen molar-refractivity contribution in [3.8, 4) is 0 Å². The van der Waals surface area contributed by atoms with Gasteiger partial charge in [0.05, 0.1) is 0 Å². The minimum Gasteiger partial charge on any atom is -0.340 e. The van der Waals surface area contributed by atoms with E-state index < -0.39 is 0 Å². The topological polar surface area (TPSA) is 46.3 Å². The van der Waals surface area contributed by atoms with Crippen LogP contribution in [-0.4, -0.2) is 29.9 Å². The van der Waals surface area contributed by atoms with Gasteiger partial charge in [0.15, 0.2) is 0 Å². The molecule has 0 saturated carbocycles. The fourth-order valence-electron chi connectivity index (χ4n) is 2.94. The van der Waals surface area contributed by atoms with Crippen LogP contribution in [0.25, 0.3) is 0 Å². The van der Waals surface area contributed by atoms with Gasteiger partial charge < -0.3 is 10.6 Å². The lowest BCUT2D eigenvalue weighted by molar-refractivity contribution is -0.131. The first-order chi connectivity index (χ1) is 9.11. The predicted molar refractivity (Wildman–Crippen MR) is 85.1 cm³/mol. The lowest BCUT2D eigenvalue weighted by Crippen LogP contribution is -2.34. The highest BCUT2D eigenvalue weighted by atomic mass is 35.5. The van der Waals surface area contributed by atoms with Crippen molar-refractivity contribution in [1.29, 1.82) is 0 Å². The van der Waals surface area contributed by atoms with Crippen molar-refractivity contribution in [3.63, 3.8) is 0 Å². The van der Waals surface area contributed by atoms with E-state index in [0.717, 1.165) is 19.4 Å². The van der Waals surface area contributed by atoms with Crippen molar-refractivity contribution >= 4 is 18.3 Å². The molecule has 1 aromatic carbocycles. The third kappa shape index (κ3) is 3.97. The number of amides is 1. The zero-order valence-electron chi connectivity index (χ0n) is 12.3. The molecule has 0 radical (unpaired) electrons. The Morgan fingerprint density at radius 1 is 1.40 bits per heavy atom. The number of benzene rings is 1. The molecule has 20 heavy (non-hydrogen) atoms. The third-order valence-corrected chi connectivity index (χ3v) is 4.18. The summed E-state index contributed by atoms with van der Waals surface area (Å²) in [6.45, 7) is 5.75. The average Bonchev–Trinajstić information content (AvgIpc) is 2.79. The van der Waals surface area contributed by atoms with Crippen LogP contribution in [0.3, 0.4) is 0 Å². The number of halogens is 1. The highest BCUT2D eigenvalue weighted by Gasteiger charge is 2.30. The fraction of sp³-hybridized carbons (Fsp3) is 0.562. The smallest absolute Gasteiger partial charge is 0.223 e.